The molecule has 2 aliphatic rings. The van der Waals surface area contributed by atoms with Crippen molar-refractivity contribution in [3.63, 3.8) is 0 Å². The van der Waals surface area contributed by atoms with Crippen molar-refractivity contribution in [1.29, 1.82) is 5.26 Å². The van der Waals surface area contributed by atoms with Crippen LogP contribution in [0.25, 0.3) is 0 Å². The highest BCUT2D eigenvalue weighted by Crippen LogP contribution is 2.38. The van der Waals surface area contributed by atoms with Gasteiger partial charge in [0.2, 0.25) is 11.9 Å². The standard InChI is InChI=1S/C24H20BrN5O4/c25-15-4-1-3-14(10-15)19-16(11-26)22(31)28-21-20(19)23(32)30-24(29-21)27-12-13-5-6-17-18(9-13)34-8-2-7-33-17/h1,3-6,9-10,16,19H,2,7-8,12H2,(H3,27,28,29,30,31,32). The number of benzene rings is 2. The average molecular weight is 522 g/mol. The van der Waals surface area contributed by atoms with Crippen molar-refractivity contribution < 1.29 is 14.3 Å². The molecule has 0 aliphatic carbocycles. The van der Waals surface area contributed by atoms with Crippen molar-refractivity contribution in [3.8, 4) is 17.6 Å². The molecule has 34 heavy (non-hydrogen) atoms. The number of nitriles is 1. The quantitative estimate of drug-likeness (QED) is 0.478. The summed E-state index contributed by atoms with van der Waals surface area (Å²) in [4.78, 5) is 33.0. The van der Waals surface area contributed by atoms with Gasteiger partial charge in [-0.05, 0) is 35.4 Å². The number of nitrogens with one attached hydrogen (secondary N) is 3. The number of aromatic nitrogens is 2. The summed E-state index contributed by atoms with van der Waals surface area (Å²) in [6, 6.07) is 14.9. The Hall–Kier alpha value is -3.84. The Morgan fingerprint density at radius 3 is 2.76 bits per heavy atom. The molecule has 172 valence electrons. The first-order valence-electron chi connectivity index (χ1n) is 10.8. The summed E-state index contributed by atoms with van der Waals surface area (Å²) in [5.41, 5.74) is 1.42. The highest BCUT2D eigenvalue weighted by atomic mass is 79.9. The maximum atomic E-state index is 13.1. The van der Waals surface area contributed by atoms with Crippen LogP contribution < -0.4 is 25.7 Å². The Morgan fingerprint density at radius 2 is 1.97 bits per heavy atom. The normalized spacial score (nSPS) is 18.8. The molecule has 1 amide bonds. The number of rotatable bonds is 4. The van der Waals surface area contributed by atoms with Crippen LogP contribution in [0.15, 0.2) is 51.7 Å². The highest BCUT2D eigenvalue weighted by molar-refractivity contribution is 9.10. The molecule has 3 N–H and O–H groups in total. The predicted molar refractivity (Wildman–Crippen MR) is 128 cm³/mol. The molecule has 9 nitrogen and oxygen atoms in total. The minimum absolute atomic E-state index is 0.145. The van der Waals surface area contributed by atoms with E-state index < -0.39 is 23.3 Å². The van der Waals surface area contributed by atoms with E-state index in [0.717, 1.165) is 16.5 Å². The molecule has 0 fully saturated rings. The van der Waals surface area contributed by atoms with Gasteiger partial charge in [-0.3, -0.25) is 14.6 Å². The maximum absolute atomic E-state index is 13.1. The van der Waals surface area contributed by atoms with E-state index in [9.17, 15) is 14.9 Å². The Balaban J connectivity index is 1.44. The van der Waals surface area contributed by atoms with Crippen molar-refractivity contribution >= 4 is 33.6 Å². The number of H-pyrrole nitrogens is 1. The van der Waals surface area contributed by atoms with Crippen molar-refractivity contribution in [2.75, 3.05) is 23.8 Å². The fourth-order valence-electron chi connectivity index (χ4n) is 4.16. The molecule has 0 saturated heterocycles. The van der Waals surface area contributed by atoms with Crippen LogP contribution in [0.5, 0.6) is 11.5 Å². The van der Waals surface area contributed by atoms with E-state index in [1.807, 2.05) is 30.3 Å². The van der Waals surface area contributed by atoms with Gasteiger partial charge in [-0.25, -0.2) is 0 Å². The van der Waals surface area contributed by atoms with Gasteiger partial charge in [0.1, 0.15) is 11.7 Å². The number of hydrogen-bond donors (Lipinski definition) is 3. The van der Waals surface area contributed by atoms with Crippen LogP contribution >= 0.6 is 15.9 Å². The third-order valence-electron chi connectivity index (χ3n) is 5.74. The van der Waals surface area contributed by atoms with Gasteiger partial charge in [0.25, 0.3) is 5.56 Å². The van der Waals surface area contributed by atoms with Crippen LogP contribution in [-0.2, 0) is 11.3 Å². The Morgan fingerprint density at radius 1 is 1.15 bits per heavy atom. The van der Waals surface area contributed by atoms with E-state index in [1.165, 1.54) is 0 Å². The maximum Gasteiger partial charge on any atom is 0.258 e. The number of carbonyl (C=O) groups is 1. The number of amides is 1. The molecular weight excluding hydrogens is 502 g/mol. The van der Waals surface area contributed by atoms with Crippen LogP contribution in [-0.4, -0.2) is 29.1 Å². The van der Waals surface area contributed by atoms with Crippen LogP contribution in [0.1, 0.15) is 29.0 Å². The predicted octanol–water partition coefficient (Wildman–Crippen LogP) is 3.53. The van der Waals surface area contributed by atoms with Crippen molar-refractivity contribution in [2.45, 2.75) is 18.9 Å². The second-order valence-electron chi connectivity index (χ2n) is 7.99. The molecule has 2 atom stereocenters. The molecule has 3 aromatic rings. The number of ether oxygens (including phenoxy) is 2. The second-order valence-corrected chi connectivity index (χ2v) is 8.91. The summed E-state index contributed by atoms with van der Waals surface area (Å²) >= 11 is 3.41. The number of aromatic amines is 1. The highest BCUT2D eigenvalue weighted by Gasteiger charge is 2.40. The molecule has 5 rings (SSSR count). The zero-order valence-corrected chi connectivity index (χ0v) is 19.5. The lowest BCUT2D eigenvalue weighted by Gasteiger charge is -2.28. The van der Waals surface area contributed by atoms with Gasteiger partial charge in [0.05, 0.1) is 24.8 Å². The molecule has 10 heteroatoms. The van der Waals surface area contributed by atoms with Gasteiger partial charge in [-0.2, -0.15) is 10.2 Å². The molecule has 0 spiro atoms. The molecule has 3 heterocycles. The van der Waals surface area contributed by atoms with Crippen LogP contribution in [0.3, 0.4) is 0 Å². The Bertz CT molecular complexity index is 1370. The summed E-state index contributed by atoms with van der Waals surface area (Å²) in [7, 11) is 0. The minimum Gasteiger partial charge on any atom is -0.490 e. The number of anilines is 2. The third-order valence-corrected chi connectivity index (χ3v) is 6.24. The third kappa shape index (κ3) is 4.22. The van der Waals surface area contributed by atoms with Gasteiger partial charge in [0.15, 0.2) is 11.5 Å². The molecule has 2 aliphatic heterocycles. The lowest BCUT2D eigenvalue weighted by atomic mass is 9.79. The second kappa shape index (κ2) is 9.19. The van der Waals surface area contributed by atoms with Crippen LogP contribution in [0.4, 0.5) is 11.8 Å². The SMILES string of the molecule is N#CC1C(=O)Nc2nc(NCc3ccc4c(c3)OCCCO4)[nH]c(=O)c2C1c1cccc(Br)c1. The largest absolute Gasteiger partial charge is 0.490 e. The van der Waals surface area contributed by atoms with Crippen molar-refractivity contribution in [3.05, 3.63) is 74.0 Å². The summed E-state index contributed by atoms with van der Waals surface area (Å²) < 4.78 is 12.2. The van der Waals surface area contributed by atoms with Gasteiger partial charge < -0.3 is 20.1 Å². The first-order valence-corrected chi connectivity index (χ1v) is 11.6. The fraction of sp³-hybridized carbons (Fsp3) is 0.250. The topological polar surface area (TPSA) is 129 Å². The fourth-order valence-corrected chi connectivity index (χ4v) is 4.58. The number of carbonyl (C=O) groups excluding carboxylic acids is 1. The molecule has 1 aromatic heterocycles. The zero-order chi connectivity index (χ0) is 23.7. The number of fused-ring (bicyclic) bond motifs is 2. The van der Waals surface area contributed by atoms with Crippen molar-refractivity contribution in [1.82, 2.24) is 9.97 Å². The van der Waals surface area contributed by atoms with E-state index in [4.69, 9.17) is 9.47 Å². The first kappa shape index (κ1) is 22.0. The molecule has 0 saturated carbocycles. The zero-order valence-electron chi connectivity index (χ0n) is 17.9. The molecule has 2 aromatic carbocycles. The van der Waals surface area contributed by atoms with E-state index in [2.05, 4.69) is 36.5 Å². The average Bonchev–Trinajstić information content (AvgIpc) is 3.07. The van der Waals surface area contributed by atoms with Gasteiger partial charge >= 0.3 is 0 Å². The minimum atomic E-state index is -1.05. The number of halogens is 1. The first-order chi connectivity index (χ1) is 16.5. The number of nitrogens with zero attached hydrogens (tertiary/aromatic N) is 2. The molecule has 0 radical (unpaired) electrons. The van der Waals surface area contributed by atoms with E-state index in [-0.39, 0.29) is 17.3 Å². The Labute approximate surface area is 203 Å². The van der Waals surface area contributed by atoms with Gasteiger partial charge in [-0.1, -0.05) is 34.1 Å². The lowest BCUT2D eigenvalue weighted by molar-refractivity contribution is -0.119. The molecular formula is C24H20BrN5O4. The smallest absolute Gasteiger partial charge is 0.258 e. The van der Waals surface area contributed by atoms with Crippen LogP contribution in [0.2, 0.25) is 0 Å². The van der Waals surface area contributed by atoms with Gasteiger partial charge in [-0.15, -0.1) is 0 Å². The summed E-state index contributed by atoms with van der Waals surface area (Å²) in [5.74, 6) is -0.549. The van der Waals surface area contributed by atoms with Crippen LogP contribution in [0, 0.1) is 17.2 Å². The molecule has 2 unspecified atom stereocenters. The van der Waals surface area contributed by atoms with E-state index >= 15 is 0 Å². The van der Waals surface area contributed by atoms with E-state index in [0.29, 0.717) is 36.8 Å². The monoisotopic (exact) mass is 521 g/mol. The summed E-state index contributed by atoms with van der Waals surface area (Å²) in [6.45, 7) is 1.57. The summed E-state index contributed by atoms with van der Waals surface area (Å²) in [5, 5.41) is 15.4. The molecule has 0 bridgehead atoms. The van der Waals surface area contributed by atoms with Crippen molar-refractivity contribution in [2.24, 2.45) is 5.92 Å². The Kier molecular flexibility index (Phi) is 5.94. The van der Waals surface area contributed by atoms with E-state index in [1.54, 1.807) is 18.2 Å². The van der Waals surface area contributed by atoms with Gasteiger partial charge in [0, 0.05) is 23.4 Å². The lowest BCUT2D eigenvalue weighted by Crippen LogP contribution is -2.38. The number of hydrogen-bond acceptors (Lipinski definition) is 7. The summed E-state index contributed by atoms with van der Waals surface area (Å²) in [6.07, 6.45) is 0.821.